The Morgan fingerprint density at radius 2 is 1.95 bits per heavy atom. The molecule has 5 nitrogen and oxygen atoms in total. The molecule has 2 amide bonds. The molecule has 2 fully saturated rings. The molecule has 21 heavy (non-hydrogen) atoms. The van der Waals surface area contributed by atoms with Gasteiger partial charge in [-0.3, -0.25) is 14.5 Å². The number of benzene rings is 1. The Balaban J connectivity index is 1.72. The molecule has 2 unspecified atom stereocenters. The van der Waals surface area contributed by atoms with Gasteiger partial charge in [0.15, 0.2) is 0 Å². The fourth-order valence-electron chi connectivity index (χ4n) is 3.07. The van der Waals surface area contributed by atoms with Crippen LogP contribution in [0.3, 0.4) is 0 Å². The van der Waals surface area contributed by atoms with E-state index >= 15 is 0 Å². The summed E-state index contributed by atoms with van der Waals surface area (Å²) in [5.41, 5.74) is 1.77. The molecule has 1 saturated carbocycles. The van der Waals surface area contributed by atoms with Crippen molar-refractivity contribution in [3.63, 3.8) is 0 Å². The van der Waals surface area contributed by atoms with E-state index in [1.807, 2.05) is 30.3 Å². The van der Waals surface area contributed by atoms with Crippen LogP contribution in [-0.4, -0.2) is 28.7 Å². The number of rotatable bonds is 3. The van der Waals surface area contributed by atoms with E-state index in [4.69, 9.17) is 0 Å². The Bertz CT molecular complexity index is 751. The van der Waals surface area contributed by atoms with E-state index in [1.54, 1.807) is 7.05 Å². The number of pyridine rings is 1. The third-order valence-corrected chi connectivity index (χ3v) is 4.33. The summed E-state index contributed by atoms with van der Waals surface area (Å²) in [5, 5.41) is 4.06. The molecule has 0 spiro atoms. The smallest absolute Gasteiger partial charge is 0.233 e. The van der Waals surface area contributed by atoms with Gasteiger partial charge < -0.3 is 5.32 Å². The van der Waals surface area contributed by atoms with Gasteiger partial charge in [-0.25, -0.2) is 4.98 Å². The largest absolute Gasteiger partial charge is 0.373 e. The molecule has 5 heteroatoms. The second kappa shape index (κ2) is 4.28. The Morgan fingerprint density at radius 1 is 1.24 bits per heavy atom. The molecule has 1 aliphatic heterocycles. The number of piperidine rings is 1. The van der Waals surface area contributed by atoms with Crippen molar-refractivity contribution in [1.29, 1.82) is 0 Å². The van der Waals surface area contributed by atoms with Crippen LogP contribution >= 0.6 is 0 Å². The summed E-state index contributed by atoms with van der Waals surface area (Å²) in [6.07, 6.45) is 0.739. The van der Waals surface area contributed by atoms with Crippen LogP contribution in [-0.2, 0) is 16.1 Å². The first kappa shape index (κ1) is 12.3. The number of nitrogens with zero attached hydrogens (tertiary/aromatic N) is 2. The summed E-state index contributed by atoms with van der Waals surface area (Å²) in [7, 11) is 1.80. The lowest BCUT2D eigenvalue weighted by atomic mass is 10.1. The molecule has 1 saturated heterocycles. The number of aromatic nitrogens is 1. The fourth-order valence-corrected chi connectivity index (χ4v) is 3.07. The molecule has 2 atom stereocenters. The van der Waals surface area contributed by atoms with Gasteiger partial charge in [-0.2, -0.15) is 0 Å². The Morgan fingerprint density at radius 3 is 2.67 bits per heavy atom. The molecule has 0 bridgehead atoms. The number of fused-ring (bicyclic) bond motifs is 2. The predicted octanol–water partition coefficient (Wildman–Crippen LogP) is 1.78. The van der Waals surface area contributed by atoms with E-state index in [0.29, 0.717) is 6.54 Å². The van der Waals surface area contributed by atoms with E-state index in [1.165, 1.54) is 4.90 Å². The van der Waals surface area contributed by atoms with E-state index < -0.39 is 0 Å². The number of amides is 2. The van der Waals surface area contributed by atoms with Crippen molar-refractivity contribution in [2.24, 2.45) is 11.8 Å². The molecule has 4 rings (SSSR count). The summed E-state index contributed by atoms with van der Waals surface area (Å²) in [6.45, 7) is 0.304. The first-order valence-electron chi connectivity index (χ1n) is 7.10. The quantitative estimate of drug-likeness (QED) is 0.871. The topological polar surface area (TPSA) is 62.3 Å². The predicted molar refractivity (Wildman–Crippen MR) is 78.4 cm³/mol. The van der Waals surface area contributed by atoms with Crippen LogP contribution in [0.25, 0.3) is 10.9 Å². The SMILES string of the molecule is CNc1nc2ccccc2cc1CN1C(=O)C2CC2C1=O. The Labute approximate surface area is 122 Å². The highest BCUT2D eigenvalue weighted by Gasteiger charge is 2.58. The second-order valence-corrected chi connectivity index (χ2v) is 5.65. The van der Waals surface area contributed by atoms with Gasteiger partial charge in [0.05, 0.1) is 23.9 Å². The zero-order chi connectivity index (χ0) is 14.6. The van der Waals surface area contributed by atoms with Crippen molar-refractivity contribution in [1.82, 2.24) is 9.88 Å². The number of carbonyl (C=O) groups excluding carboxylic acids is 2. The highest BCUT2D eigenvalue weighted by molar-refractivity contribution is 6.08. The van der Waals surface area contributed by atoms with Crippen LogP contribution in [0.2, 0.25) is 0 Å². The maximum Gasteiger partial charge on any atom is 0.233 e. The molecule has 1 aromatic heterocycles. The first-order valence-corrected chi connectivity index (χ1v) is 7.10. The van der Waals surface area contributed by atoms with Crippen molar-refractivity contribution < 1.29 is 9.59 Å². The molecular formula is C16H15N3O2. The molecule has 1 aromatic carbocycles. The average molecular weight is 281 g/mol. The lowest BCUT2D eigenvalue weighted by Crippen LogP contribution is -2.32. The lowest BCUT2D eigenvalue weighted by Gasteiger charge is -2.18. The van der Waals surface area contributed by atoms with Crippen molar-refractivity contribution in [2.45, 2.75) is 13.0 Å². The van der Waals surface area contributed by atoms with Gasteiger partial charge in [-0.05, 0) is 18.6 Å². The van der Waals surface area contributed by atoms with Gasteiger partial charge in [0.25, 0.3) is 0 Å². The van der Waals surface area contributed by atoms with Crippen molar-refractivity contribution >= 4 is 28.5 Å². The van der Waals surface area contributed by atoms with Crippen molar-refractivity contribution in [2.75, 3.05) is 12.4 Å². The fraction of sp³-hybridized carbons (Fsp3) is 0.312. The van der Waals surface area contributed by atoms with Crippen LogP contribution in [0.5, 0.6) is 0 Å². The minimum absolute atomic E-state index is 0.0276. The van der Waals surface area contributed by atoms with E-state index in [9.17, 15) is 9.59 Å². The molecule has 1 aliphatic carbocycles. The van der Waals surface area contributed by atoms with Gasteiger partial charge >= 0.3 is 0 Å². The van der Waals surface area contributed by atoms with E-state index in [0.717, 1.165) is 28.7 Å². The summed E-state index contributed by atoms with van der Waals surface area (Å²) in [6, 6.07) is 9.82. The van der Waals surface area contributed by atoms with Gasteiger partial charge in [-0.1, -0.05) is 18.2 Å². The van der Waals surface area contributed by atoms with Crippen LogP contribution in [0.15, 0.2) is 30.3 Å². The number of likely N-dealkylation sites (tertiary alicyclic amines) is 1. The van der Waals surface area contributed by atoms with Gasteiger partial charge in [0, 0.05) is 18.0 Å². The maximum atomic E-state index is 12.1. The van der Waals surface area contributed by atoms with E-state index in [2.05, 4.69) is 10.3 Å². The van der Waals surface area contributed by atoms with Gasteiger partial charge in [0.1, 0.15) is 5.82 Å². The Hall–Kier alpha value is -2.43. The summed E-state index contributed by atoms with van der Waals surface area (Å²) < 4.78 is 0. The van der Waals surface area contributed by atoms with Crippen LogP contribution in [0.4, 0.5) is 5.82 Å². The third-order valence-electron chi connectivity index (χ3n) is 4.33. The molecule has 0 radical (unpaired) electrons. The number of hydrogen-bond acceptors (Lipinski definition) is 4. The zero-order valence-corrected chi connectivity index (χ0v) is 11.7. The van der Waals surface area contributed by atoms with Gasteiger partial charge in [0.2, 0.25) is 11.8 Å². The number of anilines is 1. The molecule has 2 aromatic rings. The minimum Gasteiger partial charge on any atom is -0.373 e. The number of para-hydroxylation sites is 1. The lowest BCUT2D eigenvalue weighted by molar-refractivity contribution is -0.142. The van der Waals surface area contributed by atoms with Gasteiger partial charge in [-0.15, -0.1) is 0 Å². The molecule has 2 heterocycles. The summed E-state index contributed by atoms with van der Waals surface area (Å²) >= 11 is 0. The summed E-state index contributed by atoms with van der Waals surface area (Å²) in [4.78, 5) is 30.1. The number of hydrogen-bond donors (Lipinski definition) is 1. The Kier molecular flexibility index (Phi) is 2.51. The molecule has 1 N–H and O–H groups in total. The number of nitrogens with one attached hydrogen (secondary N) is 1. The van der Waals surface area contributed by atoms with Crippen LogP contribution in [0.1, 0.15) is 12.0 Å². The minimum atomic E-state index is -0.0519. The first-order chi connectivity index (χ1) is 10.2. The summed E-state index contributed by atoms with van der Waals surface area (Å²) in [5.74, 6) is 0.559. The number of carbonyl (C=O) groups is 2. The second-order valence-electron chi connectivity index (χ2n) is 5.65. The number of imide groups is 1. The zero-order valence-electron chi connectivity index (χ0n) is 11.7. The average Bonchev–Trinajstić information content (AvgIpc) is 3.26. The maximum absolute atomic E-state index is 12.1. The standard InChI is InChI=1S/C16H15N3O2/c1-17-14-10(6-9-4-2-3-5-13(9)18-14)8-19-15(20)11-7-12(11)16(19)21/h2-6,11-12H,7-8H2,1H3,(H,17,18). The highest BCUT2D eigenvalue weighted by Crippen LogP contribution is 2.47. The molecule has 2 aliphatic rings. The molecule has 106 valence electrons. The monoisotopic (exact) mass is 281 g/mol. The van der Waals surface area contributed by atoms with Crippen molar-refractivity contribution in [3.05, 3.63) is 35.9 Å². The molecular weight excluding hydrogens is 266 g/mol. The third kappa shape index (κ3) is 1.81. The van der Waals surface area contributed by atoms with Crippen LogP contribution < -0.4 is 5.32 Å². The van der Waals surface area contributed by atoms with E-state index in [-0.39, 0.29) is 23.7 Å². The highest BCUT2D eigenvalue weighted by atomic mass is 16.2. The van der Waals surface area contributed by atoms with Crippen LogP contribution in [0, 0.1) is 11.8 Å². The van der Waals surface area contributed by atoms with Crippen molar-refractivity contribution in [3.8, 4) is 0 Å². The normalized spacial score (nSPS) is 23.6.